The second kappa shape index (κ2) is 11.7. The number of urea groups is 1. The first kappa shape index (κ1) is 24.5. The van der Waals surface area contributed by atoms with Crippen LogP contribution in [0.15, 0.2) is 30.3 Å². The maximum absolute atomic E-state index is 13.4. The molecule has 184 valence electrons. The highest BCUT2D eigenvalue weighted by Crippen LogP contribution is 2.36. The molecule has 3 heterocycles. The molecule has 0 saturated carbocycles. The van der Waals surface area contributed by atoms with E-state index in [0.29, 0.717) is 10.6 Å². The monoisotopic (exact) mass is 485 g/mol. The van der Waals surface area contributed by atoms with Gasteiger partial charge < -0.3 is 15.8 Å². The number of rotatable bonds is 6. The second-order valence-corrected chi connectivity index (χ2v) is 10.1. The third-order valence-electron chi connectivity index (χ3n) is 6.56. The van der Waals surface area contributed by atoms with Gasteiger partial charge in [0.2, 0.25) is 0 Å². The summed E-state index contributed by atoms with van der Waals surface area (Å²) in [5, 5.41) is 11.3. The molecule has 0 bridgehead atoms. The Morgan fingerprint density at radius 3 is 2.35 bits per heavy atom. The maximum Gasteiger partial charge on any atom is 0.317 e. The molecule has 0 spiro atoms. The van der Waals surface area contributed by atoms with Crippen LogP contribution in [0.25, 0.3) is 10.4 Å². The van der Waals surface area contributed by atoms with Gasteiger partial charge in [-0.1, -0.05) is 19.3 Å². The van der Waals surface area contributed by atoms with Crippen LogP contribution in [0.4, 0.5) is 9.80 Å². The molecule has 34 heavy (non-hydrogen) atoms. The minimum atomic E-state index is -0.681. The zero-order chi connectivity index (χ0) is 23.9. The van der Waals surface area contributed by atoms with Crippen LogP contribution in [0.3, 0.4) is 0 Å². The number of hydrogen-bond acceptors (Lipinski definition) is 6. The smallest absolute Gasteiger partial charge is 0.317 e. The van der Waals surface area contributed by atoms with Crippen molar-refractivity contribution in [3.05, 3.63) is 35.9 Å². The highest BCUT2D eigenvalue weighted by atomic mass is 32.1. The van der Waals surface area contributed by atoms with Gasteiger partial charge in [-0.05, 0) is 61.6 Å². The first-order chi connectivity index (χ1) is 16.5. The molecule has 1 unspecified atom stereocenters. The fraction of sp³-hybridized carbons (Fsp3) is 0.520. The Morgan fingerprint density at radius 2 is 1.68 bits per heavy atom. The third-order valence-corrected chi connectivity index (χ3v) is 7.66. The Kier molecular flexibility index (Phi) is 8.42. The number of ether oxygens (including phenoxy) is 1. The predicted molar refractivity (Wildman–Crippen MR) is 136 cm³/mol. The second-order valence-electron chi connectivity index (χ2n) is 9.02. The van der Waals surface area contributed by atoms with E-state index >= 15 is 0 Å². The van der Waals surface area contributed by atoms with E-state index in [1.165, 1.54) is 37.0 Å². The number of nitrogens with two attached hydrogens (primary N) is 1. The highest BCUT2D eigenvalue weighted by Gasteiger charge is 2.26. The number of hydrazine groups is 1. The van der Waals surface area contributed by atoms with Crippen LogP contribution in [0, 0.1) is 0 Å². The molecule has 2 saturated heterocycles. The van der Waals surface area contributed by atoms with Gasteiger partial charge in [-0.15, -0.1) is 11.3 Å². The van der Waals surface area contributed by atoms with Crippen LogP contribution < -0.4 is 21.1 Å². The lowest BCUT2D eigenvalue weighted by Crippen LogP contribution is -2.50. The third kappa shape index (κ3) is 6.28. The molecular formula is C25H35N5O3S. The highest BCUT2D eigenvalue weighted by molar-refractivity contribution is 7.20. The van der Waals surface area contributed by atoms with Gasteiger partial charge >= 0.3 is 6.03 Å². The van der Waals surface area contributed by atoms with E-state index < -0.39 is 6.03 Å². The summed E-state index contributed by atoms with van der Waals surface area (Å²) in [5.74, 6) is 0.582. The Hall–Kier alpha value is -2.62. The summed E-state index contributed by atoms with van der Waals surface area (Å²) in [6, 6.07) is 8.83. The molecule has 1 atom stereocenters. The lowest BCUT2D eigenvalue weighted by Gasteiger charge is -2.35. The van der Waals surface area contributed by atoms with E-state index in [0.717, 1.165) is 61.6 Å². The molecule has 4 N–H and O–H groups in total. The Bertz CT molecular complexity index is 969. The number of anilines is 1. The van der Waals surface area contributed by atoms with Crippen molar-refractivity contribution in [3.8, 4) is 16.2 Å². The molecule has 4 rings (SSSR count). The van der Waals surface area contributed by atoms with Crippen LogP contribution >= 0.6 is 11.3 Å². The van der Waals surface area contributed by atoms with E-state index in [9.17, 15) is 9.59 Å². The van der Waals surface area contributed by atoms with Gasteiger partial charge in [0, 0.05) is 37.1 Å². The molecule has 1 aromatic heterocycles. The lowest BCUT2D eigenvalue weighted by atomic mass is 10.1. The summed E-state index contributed by atoms with van der Waals surface area (Å²) in [4.78, 5) is 25.9. The molecule has 3 amide bonds. The van der Waals surface area contributed by atoms with Gasteiger partial charge in [0.25, 0.3) is 5.91 Å². The van der Waals surface area contributed by atoms with Crippen molar-refractivity contribution in [2.45, 2.75) is 51.0 Å². The number of nitrogens with zero attached hydrogens (tertiary/aromatic N) is 2. The van der Waals surface area contributed by atoms with Crippen LogP contribution in [-0.4, -0.2) is 61.3 Å². The zero-order valence-corrected chi connectivity index (χ0v) is 20.7. The van der Waals surface area contributed by atoms with E-state index in [1.54, 1.807) is 7.11 Å². The van der Waals surface area contributed by atoms with Gasteiger partial charge in [-0.3, -0.25) is 10.1 Å². The number of carbonyl (C=O) groups is 2. The summed E-state index contributed by atoms with van der Waals surface area (Å²) in [6.45, 7) is 4.06. The molecule has 1 aromatic carbocycles. The standard InChI is InChI=1S/C25H35N5O3S/c1-33-20-11-9-18(10-12-20)22-16-21(24(34-22)28-25(26)32)23(31)27-19-8-4-7-15-30(17-19)29-13-5-2-3-6-14-29/h9-12,16,19H,2-8,13-15,17H2,1H3,(H,27,31)(H3,26,28,32). The summed E-state index contributed by atoms with van der Waals surface area (Å²) in [7, 11) is 1.62. The van der Waals surface area contributed by atoms with E-state index in [2.05, 4.69) is 20.7 Å². The number of nitrogens with one attached hydrogen (secondary N) is 2. The van der Waals surface area contributed by atoms with Gasteiger partial charge in [0.05, 0.1) is 12.7 Å². The SMILES string of the molecule is COc1ccc(-c2cc(C(=O)NC3CCCCN(N4CCCCCC4)C3)c(NC(N)=O)s2)cc1. The van der Waals surface area contributed by atoms with E-state index in [1.807, 2.05) is 30.3 Å². The molecule has 2 fully saturated rings. The quantitative estimate of drug-likeness (QED) is 0.567. The summed E-state index contributed by atoms with van der Waals surface area (Å²) >= 11 is 1.34. The average molecular weight is 486 g/mol. The van der Waals surface area contributed by atoms with Crippen LogP contribution in [0.1, 0.15) is 55.3 Å². The molecule has 0 aliphatic carbocycles. The lowest BCUT2D eigenvalue weighted by molar-refractivity contribution is -0.0243. The van der Waals surface area contributed by atoms with Crippen molar-refractivity contribution >= 4 is 28.3 Å². The number of hydrogen-bond donors (Lipinski definition) is 3. The Labute approximate surface area is 205 Å². The van der Waals surface area contributed by atoms with Gasteiger partial charge in [-0.2, -0.15) is 0 Å². The predicted octanol–water partition coefficient (Wildman–Crippen LogP) is 4.29. The fourth-order valence-electron chi connectivity index (χ4n) is 4.76. The number of amides is 3. The topological polar surface area (TPSA) is 99.9 Å². The minimum absolute atomic E-state index is 0.0593. The average Bonchev–Trinajstić information content (AvgIpc) is 3.00. The van der Waals surface area contributed by atoms with E-state index in [-0.39, 0.29) is 11.9 Å². The van der Waals surface area contributed by atoms with Crippen LogP contribution in [0.5, 0.6) is 5.75 Å². The maximum atomic E-state index is 13.4. The zero-order valence-electron chi connectivity index (χ0n) is 19.8. The van der Waals surface area contributed by atoms with Gasteiger partial charge in [0.1, 0.15) is 10.8 Å². The Morgan fingerprint density at radius 1 is 1.00 bits per heavy atom. The minimum Gasteiger partial charge on any atom is -0.497 e. The fourth-order valence-corrected chi connectivity index (χ4v) is 5.82. The molecule has 2 aromatic rings. The van der Waals surface area contributed by atoms with Gasteiger partial charge in [-0.25, -0.2) is 14.8 Å². The normalized spacial score (nSPS) is 20.2. The molecular weight excluding hydrogens is 450 g/mol. The Balaban J connectivity index is 1.50. The molecule has 8 nitrogen and oxygen atoms in total. The molecule has 9 heteroatoms. The van der Waals surface area contributed by atoms with Crippen molar-refractivity contribution in [2.75, 3.05) is 38.6 Å². The van der Waals surface area contributed by atoms with Crippen molar-refractivity contribution < 1.29 is 14.3 Å². The first-order valence-corrected chi connectivity index (χ1v) is 13.0. The molecule has 2 aliphatic heterocycles. The number of carbonyl (C=O) groups excluding carboxylic acids is 2. The number of primary amides is 1. The summed E-state index contributed by atoms with van der Waals surface area (Å²) < 4.78 is 5.24. The van der Waals surface area contributed by atoms with Crippen LogP contribution in [-0.2, 0) is 0 Å². The van der Waals surface area contributed by atoms with E-state index in [4.69, 9.17) is 10.5 Å². The molecule has 0 radical (unpaired) electrons. The summed E-state index contributed by atoms with van der Waals surface area (Å²) in [6.07, 6.45) is 8.24. The van der Waals surface area contributed by atoms with Crippen molar-refractivity contribution in [1.29, 1.82) is 0 Å². The van der Waals surface area contributed by atoms with Crippen molar-refractivity contribution in [3.63, 3.8) is 0 Å². The number of benzene rings is 1. The van der Waals surface area contributed by atoms with Gasteiger partial charge in [0.15, 0.2) is 0 Å². The van der Waals surface area contributed by atoms with Crippen molar-refractivity contribution in [1.82, 2.24) is 15.3 Å². The summed E-state index contributed by atoms with van der Waals surface area (Å²) in [5.41, 5.74) is 6.78. The van der Waals surface area contributed by atoms with Crippen LogP contribution in [0.2, 0.25) is 0 Å². The molecule has 2 aliphatic rings. The first-order valence-electron chi connectivity index (χ1n) is 12.2. The van der Waals surface area contributed by atoms with Crippen molar-refractivity contribution in [2.24, 2.45) is 5.73 Å². The number of methoxy groups -OCH3 is 1. The largest absolute Gasteiger partial charge is 0.497 e. The number of thiophene rings is 1.